The third-order valence-corrected chi connectivity index (χ3v) is 5.19. The van der Waals surface area contributed by atoms with Gasteiger partial charge in [0.25, 0.3) is 0 Å². The molecule has 20 heavy (non-hydrogen) atoms. The molecule has 0 unspecified atom stereocenters. The molecule has 110 valence electrons. The molecule has 3 rings (SSSR count). The Morgan fingerprint density at radius 2 is 2.25 bits per heavy atom. The normalized spacial score (nSPS) is 29.9. The lowest BCUT2D eigenvalue weighted by molar-refractivity contribution is 0.311. The second-order valence-corrected chi connectivity index (χ2v) is 6.67. The minimum absolute atomic E-state index is 0.746. The van der Waals surface area contributed by atoms with Gasteiger partial charge in [-0.15, -0.1) is 0 Å². The molecule has 1 aromatic heterocycles. The maximum atomic E-state index is 4.40. The van der Waals surface area contributed by atoms with E-state index in [2.05, 4.69) is 41.0 Å². The number of hydrogen-bond acceptors (Lipinski definition) is 2. The van der Waals surface area contributed by atoms with Gasteiger partial charge >= 0.3 is 0 Å². The van der Waals surface area contributed by atoms with Crippen molar-refractivity contribution in [1.82, 2.24) is 14.9 Å². The molecule has 2 heterocycles. The number of hydrogen-bond donors (Lipinski definition) is 1. The molecule has 0 fully saturated rings. The van der Waals surface area contributed by atoms with Crippen LogP contribution in [0.5, 0.6) is 0 Å². The maximum absolute atomic E-state index is 4.40. The summed E-state index contributed by atoms with van der Waals surface area (Å²) in [6.45, 7) is 8.14. The number of imidazole rings is 1. The second-order valence-electron chi connectivity index (χ2n) is 6.67. The van der Waals surface area contributed by atoms with Crippen LogP contribution >= 0.6 is 0 Å². The zero-order chi connectivity index (χ0) is 13.9. The predicted molar refractivity (Wildman–Crippen MR) is 82.6 cm³/mol. The van der Waals surface area contributed by atoms with Gasteiger partial charge in [0, 0.05) is 31.9 Å². The van der Waals surface area contributed by atoms with Crippen molar-refractivity contribution in [2.75, 3.05) is 13.1 Å². The van der Waals surface area contributed by atoms with Crippen LogP contribution in [-0.4, -0.2) is 22.6 Å². The Labute approximate surface area is 122 Å². The summed E-state index contributed by atoms with van der Waals surface area (Å²) >= 11 is 0. The largest absolute Gasteiger partial charge is 0.335 e. The molecule has 0 saturated heterocycles. The molecule has 0 aromatic carbocycles. The SMILES string of the molecule is CC1=CCC[C@H](C)[C@H]1CNC[C@@H]1CCc2nccn2C1. The second kappa shape index (κ2) is 6.13. The van der Waals surface area contributed by atoms with Gasteiger partial charge in [-0.2, -0.15) is 0 Å². The molecule has 3 nitrogen and oxygen atoms in total. The monoisotopic (exact) mass is 273 g/mol. The van der Waals surface area contributed by atoms with Gasteiger partial charge in [-0.05, 0) is 50.5 Å². The Morgan fingerprint density at radius 3 is 3.10 bits per heavy atom. The lowest BCUT2D eigenvalue weighted by atomic mass is 9.80. The molecular weight excluding hydrogens is 246 g/mol. The van der Waals surface area contributed by atoms with E-state index in [1.165, 1.54) is 25.1 Å². The molecule has 0 saturated carbocycles. The Morgan fingerprint density at radius 1 is 1.35 bits per heavy atom. The van der Waals surface area contributed by atoms with Crippen LogP contribution in [0.2, 0.25) is 0 Å². The molecule has 1 aliphatic carbocycles. The van der Waals surface area contributed by atoms with Crippen LogP contribution in [0.15, 0.2) is 24.0 Å². The van der Waals surface area contributed by atoms with Gasteiger partial charge in [0.05, 0.1) is 0 Å². The number of allylic oxidation sites excluding steroid dienone is 1. The molecule has 3 atom stereocenters. The lowest BCUT2D eigenvalue weighted by Gasteiger charge is -2.30. The van der Waals surface area contributed by atoms with E-state index in [4.69, 9.17) is 0 Å². The average molecular weight is 273 g/mol. The fourth-order valence-electron chi connectivity index (χ4n) is 3.78. The lowest BCUT2D eigenvalue weighted by Crippen LogP contribution is -2.35. The number of nitrogens with zero attached hydrogens (tertiary/aromatic N) is 2. The summed E-state index contributed by atoms with van der Waals surface area (Å²) in [5.41, 5.74) is 1.59. The Hall–Kier alpha value is -1.09. The first kappa shape index (κ1) is 13.9. The smallest absolute Gasteiger partial charge is 0.108 e. The van der Waals surface area contributed by atoms with Crippen molar-refractivity contribution >= 4 is 0 Å². The van der Waals surface area contributed by atoms with Crippen LogP contribution in [0.25, 0.3) is 0 Å². The fourth-order valence-corrected chi connectivity index (χ4v) is 3.78. The summed E-state index contributed by atoms with van der Waals surface area (Å²) in [4.78, 5) is 4.40. The summed E-state index contributed by atoms with van der Waals surface area (Å²) in [7, 11) is 0. The highest BCUT2D eigenvalue weighted by Gasteiger charge is 2.23. The number of nitrogens with one attached hydrogen (secondary N) is 1. The van der Waals surface area contributed by atoms with Crippen LogP contribution in [-0.2, 0) is 13.0 Å². The highest BCUT2D eigenvalue weighted by molar-refractivity contribution is 5.09. The van der Waals surface area contributed by atoms with Gasteiger partial charge in [-0.1, -0.05) is 18.6 Å². The first-order valence-corrected chi connectivity index (χ1v) is 8.11. The van der Waals surface area contributed by atoms with Crippen molar-refractivity contribution in [3.63, 3.8) is 0 Å². The van der Waals surface area contributed by atoms with Crippen LogP contribution < -0.4 is 5.32 Å². The topological polar surface area (TPSA) is 29.9 Å². The molecule has 0 radical (unpaired) electrons. The summed E-state index contributed by atoms with van der Waals surface area (Å²) in [6, 6.07) is 0. The number of fused-ring (bicyclic) bond motifs is 1. The van der Waals surface area contributed by atoms with E-state index in [0.717, 1.165) is 43.8 Å². The third-order valence-electron chi connectivity index (χ3n) is 5.19. The first-order chi connectivity index (χ1) is 9.74. The summed E-state index contributed by atoms with van der Waals surface area (Å²) in [6.07, 6.45) is 11.5. The molecule has 3 heteroatoms. The van der Waals surface area contributed by atoms with E-state index < -0.39 is 0 Å². The zero-order valence-electron chi connectivity index (χ0n) is 12.8. The van der Waals surface area contributed by atoms with E-state index in [1.807, 2.05) is 6.20 Å². The van der Waals surface area contributed by atoms with E-state index in [-0.39, 0.29) is 0 Å². The molecule has 1 aromatic rings. The fraction of sp³-hybridized carbons (Fsp3) is 0.706. The van der Waals surface area contributed by atoms with Gasteiger partial charge in [0.15, 0.2) is 0 Å². The summed E-state index contributed by atoms with van der Waals surface area (Å²) in [5.74, 6) is 3.61. The predicted octanol–water partition coefficient (Wildman–Crippen LogP) is 3.03. The van der Waals surface area contributed by atoms with E-state index in [9.17, 15) is 0 Å². The Balaban J connectivity index is 1.46. The highest BCUT2D eigenvalue weighted by atomic mass is 15.1. The van der Waals surface area contributed by atoms with Crippen LogP contribution in [0.1, 0.15) is 38.9 Å². The standard InChI is InChI=1S/C17H27N3/c1-13-4-3-5-14(2)16(13)11-18-10-15-6-7-17-19-8-9-20(17)12-15/h4,8-9,14-16,18H,3,5-7,10-12H2,1-2H3/t14-,15-,16-/m0/s1. The Bertz CT molecular complexity index is 474. The van der Waals surface area contributed by atoms with Gasteiger partial charge < -0.3 is 9.88 Å². The van der Waals surface area contributed by atoms with Crippen molar-refractivity contribution in [3.05, 3.63) is 29.9 Å². The van der Waals surface area contributed by atoms with Gasteiger partial charge in [0.2, 0.25) is 0 Å². The zero-order valence-corrected chi connectivity index (χ0v) is 12.8. The molecular formula is C17H27N3. The summed E-state index contributed by atoms with van der Waals surface area (Å²) < 4.78 is 2.32. The summed E-state index contributed by atoms with van der Waals surface area (Å²) in [5, 5.41) is 3.73. The Kier molecular flexibility index (Phi) is 4.25. The van der Waals surface area contributed by atoms with Crippen molar-refractivity contribution in [3.8, 4) is 0 Å². The van der Waals surface area contributed by atoms with E-state index >= 15 is 0 Å². The van der Waals surface area contributed by atoms with E-state index in [1.54, 1.807) is 5.57 Å². The number of aryl methyl sites for hydroxylation is 1. The van der Waals surface area contributed by atoms with Crippen molar-refractivity contribution in [1.29, 1.82) is 0 Å². The molecule has 1 aliphatic heterocycles. The van der Waals surface area contributed by atoms with Crippen LogP contribution in [0.4, 0.5) is 0 Å². The molecule has 0 spiro atoms. The quantitative estimate of drug-likeness (QED) is 0.855. The van der Waals surface area contributed by atoms with Gasteiger partial charge in [-0.3, -0.25) is 0 Å². The van der Waals surface area contributed by atoms with E-state index in [0.29, 0.717) is 0 Å². The minimum Gasteiger partial charge on any atom is -0.335 e. The molecule has 1 N–H and O–H groups in total. The van der Waals surface area contributed by atoms with Gasteiger partial charge in [0.1, 0.15) is 5.82 Å². The first-order valence-electron chi connectivity index (χ1n) is 8.11. The average Bonchev–Trinajstić information content (AvgIpc) is 2.89. The number of aromatic nitrogens is 2. The van der Waals surface area contributed by atoms with Gasteiger partial charge in [-0.25, -0.2) is 4.98 Å². The van der Waals surface area contributed by atoms with Crippen LogP contribution in [0, 0.1) is 17.8 Å². The molecule has 2 aliphatic rings. The molecule has 0 bridgehead atoms. The maximum Gasteiger partial charge on any atom is 0.108 e. The minimum atomic E-state index is 0.746. The number of rotatable bonds is 4. The van der Waals surface area contributed by atoms with Crippen molar-refractivity contribution in [2.45, 2.75) is 46.1 Å². The highest BCUT2D eigenvalue weighted by Crippen LogP contribution is 2.29. The molecule has 0 amide bonds. The van der Waals surface area contributed by atoms with Crippen molar-refractivity contribution in [2.24, 2.45) is 17.8 Å². The van der Waals surface area contributed by atoms with Crippen LogP contribution in [0.3, 0.4) is 0 Å². The van der Waals surface area contributed by atoms with Crippen molar-refractivity contribution < 1.29 is 0 Å². The third kappa shape index (κ3) is 2.98.